The summed E-state index contributed by atoms with van der Waals surface area (Å²) in [5, 5.41) is 4.51. The fourth-order valence-electron chi connectivity index (χ4n) is 3.17. The van der Waals surface area contributed by atoms with Crippen molar-refractivity contribution in [3.8, 4) is 0 Å². The Kier molecular flexibility index (Phi) is 3.90. The first-order chi connectivity index (χ1) is 11.7. The van der Waals surface area contributed by atoms with E-state index < -0.39 is 0 Å². The molecule has 2 aromatic heterocycles. The van der Waals surface area contributed by atoms with Crippen LogP contribution in [0.4, 0.5) is 4.39 Å². The molecule has 1 saturated heterocycles. The summed E-state index contributed by atoms with van der Waals surface area (Å²) in [5.41, 5.74) is 2.80. The smallest absolute Gasteiger partial charge is 0.176 e. The van der Waals surface area contributed by atoms with E-state index in [1.165, 1.54) is 12.1 Å². The maximum Gasteiger partial charge on any atom is 0.176 e. The average Bonchev–Trinajstić information content (AvgIpc) is 3.15. The summed E-state index contributed by atoms with van der Waals surface area (Å²) in [4.78, 5) is 10.3. The number of aromatic nitrogens is 4. The Hall–Kier alpha value is -2.47. The standard InChI is InChI=1S/C18H20FN5/c1-23-10-8-15(9-11-23)24-18-16(12-20-24)21-17(22-18)7-4-13-2-5-14(19)6-3-13/h2-7,12,15H,8-11H2,1H3,(H,21,22)/b7-4+. The molecule has 124 valence electrons. The molecule has 3 heterocycles. The van der Waals surface area contributed by atoms with Gasteiger partial charge >= 0.3 is 0 Å². The van der Waals surface area contributed by atoms with Crippen LogP contribution in [0.25, 0.3) is 23.3 Å². The molecular weight excluding hydrogens is 305 g/mol. The number of piperidine rings is 1. The summed E-state index contributed by atoms with van der Waals surface area (Å²) >= 11 is 0. The number of imidazole rings is 1. The van der Waals surface area contributed by atoms with Gasteiger partial charge in [0.25, 0.3) is 0 Å². The number of nitrogens with zero attached hydrogens (tertiary/aromatic N) is 4. The number of rotatable bonds is 3. The first-order valence-corrected chi connectivity index (χ1v) is 8.24. The lowest BCUT2D eigenvalue weighted by Gasteiger charge is -2.28. The second-order valence-electron chi connectivity index (χ2n) is 6.37. The van der Waals surface area contributed by atoms with Crippen LogP contribution in [0, 0.1) is 5.82 Å². The van der Waals surface area contributed by atoms with Crippen molar-refractivity contribution in [2.75, 3.05) is 20.1 Å². The maximum absolute atomic E-state index is 12.9. The summed E-state index contributed by atoms with van der Waals surface area (Å²) in [6, 6.07) is 6.81. The van der Waals surface area contributed by atoms with Gasteiger partial charge in [-0.1, -0.05) is 18.2 Å². The van der Waals surface area contributed by atoms with Gasteiger partial charge in [0.15, 0.2) is 5.65 Å². The van der Waals surface area contributed by atoms with Crippen LogP contribution in [-0.2, 0) is 0 Å². The van der Waals surface area contributed by atoms with Crippen molar-refractivity contribution >= 4 is 23.3 Å². The summed E-state index contributed by atoms with van der Waals surface area (Å²) in [6.07, 6.45) is 7.87. The van der Waals surface area contributed by atoms with Crippen LogP contribution < -0.4 is 0 Å². The zero-order valence-electron chi connectivity index (χ0n) is 13.6. The van der Waals surface area contributed by atoms with Gasteiger partial charge in [-0.2, -0.15) is 5.10 Å². The van der Waals surface area contributed by atoms with Gasteiger partial charge < -0.3 is 9.88 Å². The van der Waals surface area contributed by atoms with Crippen LogP contribution in [0.3, 0.4) is 0 Å². The number of benzene rings is 1. The van der Waals surface area contributed by atoms with Gasteiger partial charge in [0.1, 0.15) is 17.2 Å². The molecule has 0 aliphatic carbocycles. The van der Waals surface area contributed by atoms with E-state index in [2.05, 4.69) is 27.0 Å². The van der Waals surface area contributed by atoms with E-state index in [4.69, 9.17) is 0 Å². The summed E-state index contributed by atoms with van der Waals surface area (Å²) in [5.74, 6) is 0.558. The van der Waals surface area contributed by atoms with Crippen LogP contribution >= 0.6 is 0 Å². The highest BCUT2D eigenvalue weighted by atomic mass is 19.1. The minimum absolute atomic E-state index is 0.228. The van der Waals surface area contributed by atoms with E-state index in [1.807, 2.05) is 23.0 Å². The molecule has 6 heteroatoms. The van der Waals surface area contributed by atoms with E-state index in [-0.39, 0.29) is 5.82 Å². The Morgan fingerprint density at radius 3 is 2.67 bits per heavy atom. The number of H-pyrrole nitrogens is 1. The maximum atomic E-state index is 12.9. The molecule has 0 spiro atoms. The summed E-state index contributed by atoms with van der Waals surface area (Å²) < 4.78 is 15.0. The largest absolute Gasteiger partial charge is 0.336 e. The van der Waals surface area contributed by atoms with Gasteiger partial charge in [-0.15, -0.1) is 0 Å². The van der Waals surface area contributed by atoms with Crippen molar-refractivity contribution in [1.82, 2.24) is 24.6 Å². The topological polar surface area (TPSA) is 49.7 Å². The highest BCUT2D eigenvalue weighted by Gasteiger charge is 2.21. The molecule has 24 heavy (non-hydrogen) atoms. The van der Waals surface area contributed by atoms with Crippen LogP contribution in [0.5, 0.6) is 0 Å². The predicted molar refractivity (Wildman–Crippen MR) is 93.0 cm³/mol. The number of fused-ring (bicyclic) bond motifs is 1. The van der Waals surface area contributed by atoms with Gasteiger partial charge in [0.05, 0.1) is 12.2 Å². The van der Waals surface area contributed by atoms with Crippen LogP contribution in [-0.4, -0.2) is 44.8 Å². The van der Waals surface area contributed by atoms with Gasteiger partial charge in [0, 0.05) is 0 Å². The summed E-state index contributed by atoms with van der Waals surface area (Å²) in [6.45, 7) is 2.18. The SMILES string of the molecule is CN1CCC(n2ncc3[nH]c(/C=C/c4ccc(F)cc4)nc32)CC1. The van der Waals surface area contributed by atoms with Gasteiger partial charge in [0.2, 0.25) is 0 Å². The van der Waals surface area contributed by atoms with Crippen molar-refractivity contribution in [1.29, 1.82) is 0 Å². The first-order valence-electron chi connectivity index (χ1n) is 8.24. The number of aromatic amines is 1. The van der Waals surface area contributed by atoms with E-state index in [0.29, 0.717) is 6.04 Å². The number of likely N-dealkylation sites (tertiary alicyclic amines) is 1. The Morgan fingerprint density at radius 2 is 1.92 bits per heavy atom. The number of nitrogens with one attached hydrogen (secondary N) is 1. The van der Waals surface area contributed by atoms with E-state index in [9.17, 15) is 4.39 Å². The molecule has 0 unspecified atom stereocenters. The molecule has 1 fully saturated rings. The fraction of sp³-hybridized carbons (Fsp3) is 0.333. The molecule has 4 rings (SSSR count). The highest BCUT2D eigenvalue weighted by molar-refractivity contribution is 5.75. The van der Waals surface area contributed by atoms with Gasteiger partial charge in [-0.05, 0) is 56.8 Å². The van der Waals surface area contributed by atoms with Crippen molar-refractivity contribution in [3.05, 3.63) is 47.7 Å². The third kappa shape index (κ3) is 2.97. The van der Waals surface area contributed by atoms with Crippen molar-refractivity contribution in [3.63, 3.8) is 0 Å². The second kappa shape index (κ2) is 6.20. The van der Waals surface area contributed by atoms with Gasteiger partial charge in [-0.25, -0.2) is 14.1 Å². The Balaban J connectivity index is 1.56. The highest BCUT2D eigenvalue weighted by Crippen LogP contribution is 2.25. The van der Waals surface area contributed by atoms with Crippen LogP contribution in [0.1, 0.15) is 30.3 Å². The molecule has 0 bridgehead atoms. The minimum Gasteiger partial charge on any atom is -0.336 e. The monoisotopic (exact) mass is 325 g/mol. The van der Waals surface area contributed by atoms with Crippen molar-refractivity contribution in [2.24, 2.45) is 0 Å². The molecule has 1 N–H and O–H groups in total. The fourth-order valence-corrected chi connectivity index (χ4v) is 3.17. The van der Waals surface area contributed by atoms with Crippen molar-refractivity contribution < 1.29 is 4.39 Å². The third-order valence-corrected chi connectivity index (χ3v) is 4.60. The molecule has 0 atom stereocenters. The first kappa shape index (κ1) is 15.1. The van der Waals surface area contributed by atoms with Crippen LogP contribution in [0.15, 0.2) is 30.5 Å². The predicted octanol–water partition coefficient (Wildman–Crippen LogP) is 3.34. The summed E-state index contributed by atoms with van der Waals surface area (Å²) in [7, 11) is 2.15. The lowest BCUT2D eigenvalue weighted by atomic mass is 10.1. The number of halogens is 1. The molecular formula is C18H20FN5. The second-order valence-corrected chi connectivity index (χ2v) is 6.37. The van der Waals surface area contributed by atoms with Crippen LogP contribution in [0.2, 0.25) is 0 Å². The average molecular weight is 325 g/mol. The lowest BCUT2D eigenvalue weighted by molar-refractivity contribution is 0.215. The molecule has 3 aromatic rings. The molecule has 0 radical (unpaired) electrons. The Bertz CT molecular complexity index is 853. The molecule has 1 aliphatic heterocycles. The molecule has 0 saturated carbocycles. The number of hydrogen-bond donors (Lipinski definition) is 1. The zero-order valence-corrected chi connectivity index (χ0v) is 13.6. The third-order valence-electron chi connectivity index (χ3n) is 4.60. The lowest BCUT2D eigenvalue weighted by Crippen LogP contribution is -2.31. The van der Waals surface area contributed by atoms with E-state index in [0.717, 1.165) is 48.5 Å². The molecule has 5 nitrogen and oxygen atoms in total. The zero-order chi connectivity index (χ0) is 16.5. The normalized spacial score (nSPS) is 17.2. The van der Waals surface area contributed by atoms with E-state index in [1.54, 1.807) is 12.1 Å². The number of hydrogen-bond acceptors (Lipinski definition) is 3. The van der Waals surface area contributed by atoms with Crippen molar-refractivity contribution in [2.45, 2.75) is 18.9 Å². The van der Waals surface area contributed by atoms with E-state index >= 15 is 0 Å². The Morgan fingerprint density at radius 1 is 1.17 bits per heavy atom. The minimum atomic E-state index is -0.228. The molecule has 0 amide bonds. The molecule has 1 aromatic carbocycles. The quantitative estimate of drug-likeness (QED) is 0.803. The molecule has 1 aliphatic rings. The van der Waals surface area contributed by atoms with Gasteiger partial charge in [-0.3, -0.25) is 0 Å². The Labute approximate surface area is 139 Å².